The van der Waals surface area contributed by atoms with Crippen LogP contribution in [0.25, 0.3) is 0 Å². The lowest BCUT2D eigenvalue weighted by atomic mass is 9.72. The minimum absolute atomic E-state index is 0.0858. The molecule has 0 heterocycles. The van der Waals surface area contributed by atoms with Crippen LogP contribution in [0.5, 0.6) is 0 Å². The van der Waals surface area contributed by atoms with E-state index in [2.05, 4.69) is 13.8 Å². The topological polar surface area (TPSA) is 71.8 Å². The van der Waals surface area contributed by atoms with E-state index in [1.807, 2.05) is 0 Å². The molecule has 1 aliphatic rings. The summed E-state index contributed by atoms with van der Waals surface area (Å²) in [5, 5.41) is 15.7. The molecule has 1 fully saturated rings. The zero-order valence-electron chi connectivity index (χ0n) is 8.59. The van der Waals surface area contributed by atoms with Crippen molar-refractivity contribution in [3.63, 3.8) is 0 Å². The van der Waals surface area contributed by atoms with Gasteiger partial charge in [-0.2, -0.15) is 0 Å². The maximum Gasteiger partial charge on any atom is 0.180 e. The van der Waals surface area contributed by atoms with Crippen molar-refractivity contribution in [1.82, 2.24) is 0 Å². The van der Waals surface area contributed by atoms with Crippen LogP contribution in [0.1, 0.15) is 33.6 Å². The Balaban J connectivity index is 2.96. The van der Waals surface area contributed by atoms with Gasteiger partial charge in [0.25, 0.3) is 0 Å². The van der Waals surface area contributed by atoms with Crippen LogP contribution in [0.4, 0.5) is 0 Å². The second-order valence-electron chi connectivity index (χ2n) is 4.68. The van der Waals surface area contributed by atoms with Crippen LogP contribution in [0.2, 0.25) is 0 Å². The first-order valence-corrected chi connectivity index (χ1v) is 4.59. The summed E-state index contributed by atoms with van der Waals surface area (Å²) in [6.07, 6.45) is 1.06. The summed E-state index contributed by atoms with van der Waals surface area (Å²) in [6, 6.07) is 0. The molecule has 0 aromatic rings. The molecule has 1 aliphatic carbocycles. The van der Waals surface area contributed by atoms with Crippen molar-refractivity contribution in [3.8, 4) is 0 Å². The fourth-order valence-corrected chi connectivity index (χ4v) is 2.04. The molecular formula is C10H19N2O+. The molecule has 0 bridgehead atoms. The van der Waals surface area contributed by atoms with Gasteiger partial charge in [0, 0.05) is 12.1 Å². The summed E-state index contributed by atoms with van der Waals surface area (Å²) in [6.45, 7) is 5.99. The van der Waals surface area contributed by atoms with Crippen molar-refractivity contribution in [2.45, 2.75) is 39.7 Å². The van der Waals surface area contributed by atoms with E-state index < -0.39 is 6.10 Å². The van der Waals surface area contributed by atoms with E-state index >= 15 is 0 Å². The van der Waals surface area contributed by atoms with Crippen LogP contribution in [0.15, 0.2) is 11.3 Å². The summed E-state index contributed by atoms with van der Waals surface area (Å²) in [4.78, 5) is 0. The molecule has 0 aromatic heterocycles. The molecule has 5 N–H and O–H groups in total. The molecule has 1 rings (SSSR count). The molecule has 1 atom stereocenters. The molecule has 0 aromatic carbocycles. The molecule has 1 saturated carbocycles. The number of hydrogen-bond acceptors (Lipinski definition) is 2. The number of aliphatic hydroxyl groups excluding tert-OH is 1. The summed E-state index contributed by atoms with van der Waals surface area (Å²) >= 11 is 0. The Morgan fingerprint density at radius 2 is 2.15 bits per heavy atom. The average molecular weight is 183 g/mol. The molecular weight excluding hydrogens is 164 g/mol. The highest BCUT2D eigenvalue weighted by molar-refractivity contribution is 5.98. The Labute approximate surface area is 79.1 Å². The predicted molar refractivity (Wildman–Crippen MR) is 52.8 cm³/mol. The van der Waals surface area contributed by atoms with Crippen molar-refractivity contribution < 1.29 is 10.5 Å². The largest absolute Gasteiger partial charge is 0.402 e. The lowest BCUT2D eigenvalue weighted by molar-refractivity contribution is -0.121. The van der Waals surface area contributed by atoms with Crippen LogP contribution in [0.3, 0.4) is 0 Å². The summed E-state index contributed by atoms with van der Waals surface area (Å²) in [5.74, 6) is 0. The SMILES string of the molecule is CC(N)=C1C(=[NH2+])CC(C)(C)CC1O. The highest BCUT2D eigenvalue weighted by Crippen LogP contribution is 2.35. The van der Waals surface area contributed by atoms with Gasteiger partial charge in [-0.05, 0) is 18.8 Å². The first-order chi connectivity index (χ1) is 5.83. The number of nitrogens with two attached hydrogens (primary N) is 2. The first kappa shape index (κ1) is 10.3. The van der Waals surface area contributed by atoms with E-state index in [-0.39, 0.29) is 5.41 Å². The maximum absolute atomic E-state index is 9.81. The highest BCUT2D eigenvalue weighted by atomic mass is 16.3. The molecule has 0 spiro atoms. The normalized spacial score (nSPS) is 31.7. The monoisotopic (exact) mass is 183 g/mol. The van der Waals surface area contributed by atoms with E-state index in [9.17, 15) is 5.11 Å². The molecule has 13 heavy (non-hydrogen) atoms. The van der Waals surface area contributed by atoms with Gasteiger partial charge in [-0.15, -0.1) is 0 Å². The van der Waals surface area contributed by atoms with Crippen LogP contribution >= 0.6 is 0 Å². The third kappa shape index (κ3) is 2.10. The van der Waals surface area contributed by atoms with Crippen molar-refractivity contribution >= 4 is 5.71 Å². The molecule has 3 heteroatoms. The molecule has 74 valence electrons. The fraction of sp³-hybridized carbons (Fsp3) is 0.700. The van der Waals surface area contributed by atoms with Crippen molar-refractivity contribution in [1.29, 1.82) is 0 Å². The van der Waals surface area contributed by atoms with Crippen molar-refractivity contribution in [2.24, 2.45) is 11.1 Å². The van der Waals surface area contributed by atoms with E-state index in [0.717, 1.165) is 24.1 Å². The summed E-state index contributed by atoms with van der Waals surface area (Å²) in [7, 11) is 0. The minimum atomic E-state index is -0.492. The highest BCUT2D eigenvalue weighted by Gasteiger charge is 2.37. The summed E-state index contributed by atoms with van der Waals surface area (Å²) < 4.78 is 0. The Kier molecular flexibility index (Phi) is 2.48. The first-order valence-electron chi connectivity index (χ1n) is 4.59. The number of hydrogen-bond donors (Lipinski definition) is 3. The van der Waals surface area contributed by atoms with Gasteiger partial charge < -0.3 is 10.8 Å². The predicted octanol–water partition coefficient (Wildman–Crippen LogP) is -0.400. The Morgan fingerprint density at radius 1 is 1.62 bits per heavy atom. The molecule has 0 radical (unpaired) electrons. The van der Waals surface area contributed by atoms with Gasteiger partial charge >= 0.3 is 0 Å². The van der Waals surface area contributed by atoms with E-state index in [1.54, 1.807) is 6.92 Å². The van der Waals surface area contributed by atoms with E-state index in [0.29, 0.717) is 5.70 Å². The lowest BCUT2D eigenvalue weighted by Gasteiger charge is -2.33. The average Bonchev–Trinajstić information content (AvgIpc) is 1.78. The van der Waals surface area contributed by atoms with Gasteiger partial charge in [0.15, 0.2) is 5.71 Å². The van der Waals surface area contributed by atoms with Crippen molar-refractivity contribution in [3.05, 3.63) is 11.3 Å². The van der Waals surface area contributed by atoms with Crippen LogP contribution in [-0.4, -0.2) is 16.9 Å². The van der Waals surface area contributed by atoms with Gasteiger partial charge in [0.05, 0.1) is 11.7 Å². The molecule has 0 saturated heterocycles. The van der Waals surface area contributed by atoms with Gasteiger partial charge in [0.2, 0.25) is 0 Å². The van der Waals surface area contributed by atoms with E-state index in [1.165, 1.54) is 0 Å². The summed E-state index contributed by atoms with van der Waals surface area (Å²) in [5.41, 5.74) is 7.87. The lowest BCUT2D eigenvalue weighted by Crippen LogP contribution is -2.50. The zero-order chi connectivity index (χ0) is 10.2. The van der Waals surface area contributed by atoms with Gasteiger partial charge in [0.1, 0.15) is 0 Å². The Bertz CT molecular complexity index is 262. The molecule has 0 amide bonds. The number of allylic oxidation sites excluding steroid dienone is 1. The van der Waals surface area contributed by atoms with Crippen LogP contribution in [0, 0.1) is 5.41 Å². The third-order valence-corrected chi connectivity index (χ3v) is 2.52. The number of aliphatic hydroxyl groups is 1. The van der Waals surface area contributed by atoms with Crippen LogP contribution in [-0.2, 0) is 0 Å². The molecule has 3 nitrogen and oxygen atoms in total. The quantitative estimate of drug-likeness (QED) is 0.478. The third-order valence-electron chi connectivity index (χ3n) is 2.52. The van der Waals surface area contributed by atoms with Crippen molar-refractivity contribution in [2.75, 3.05) is 0 Å². The standard InChI is InChI=1S/C10H18N2O/c1-6(11)9-7(12)4-10(2,3)5-8(9)13/h8,12-13H,4-5,11H2,1-3H3/p+1. The smallest absolute Gasteiger partial charge is 0.180 e. The van der Waals surface area contributed by atoms with Crippen LogP contribution < -0.4 is 11.1 Å². The minimum Gasteiger partial charge on any atom is -0.402 e. The Hall–Kier alpha value is -0.830. The molecule has 1 unspecified atom stereocenters. The van der Waals surface area contributed by atoms with Gasteiger partial charge in [-0.3, -0.25) is 5.41 Å². The second kappa shape index (κ2) is 3.14. The zero-order valence-corrected chi connectivity index (χ0v) is 8.59. The maximum atomic E-state index is 9.81. The fourth-order valence-electron chi connectivity index (χ4n) is 2.04. The molecule has 0 aliphatic heterocycles. The Morgan fingerprint density at radius 3 is 2.54 bits per heavy atom. The van der Waals surface area contributed by atoms with Gasteiger partial charge in [-0.1, -0.05) is 13.8 Å². The van der Waals surface area contributed by atoms with E-state index in [4.69, 9.17) is 11.1 Å². The van der Waals surface area contributed by atoms with Gasteiger partial charge in [-0.25, -0.2) is 0 Å². The second-order valence-corrected chi connectivity index (χ2v) is 4.68. The number of rotatable bonds is 0.